The number of carbonyl (C=O) groups is 1. The van der Waals surface area contributed by atoms with Crippen LogP contribution < -0.4 is 14.2 Å². The Labute approximate surface area is 160 Å². The quantitative estimate of drug-likeness (QED) is 0.658. The van der Waals surface area contributed by atoms with Crippen LogP contribution in [0.1, 0.15) is 38.3 Å². The van der Waals surface area contributed by atoms with Gasteiger partial charge in [-0.05, 0) is 35.1 Å². The number of methoxy groups -OCH3 is 1. The van der Waals surface area contributed by atoms with E-state index < -0.39 is 5.97 Å². The van der Waals surface area contributed by atoms with Crippen LogP contribution in [-0.4, -0.2) is 31.4 Å². The lowest BCUT2D eigenvalue weighted by Gasteiger charge is -2.22. The van der Waals surface area contributed by atoms with Gasteiger partial charge in [0.1, 0.15) is 30.5 Å². The molecule has 0 saturated heterocycles. The van der Waals surface area contributed by atoms with E-state index in [1.165, 1.54) is 0 Å². The third kappa shape index (κ3) is 6.20. The number of aryl methyl sites for hydroxylation is 1. The Morgan fingerprint density at radius 2 is 1.67 bits per heavy atom. The summed E-state index contributed by atoms with van der Waals surface area (Å²) < 4.78 is 17.0. The van der Waals surface area contributed by atoms with Gasteiger partial charge in [-0.25, -0.2) is 0 Å². The molecule has 0 aliphatic carbocycles. The number of para-hydroxylation sites is 1. The lowest BCUT2D eigenvalue weighted by molar-refractivity contribution is -0.136. The monoisotopic (exact) mass is 372 g/mol. The van der Waals surface area contributed by atoms with Crippen molar-refractivity contribution in [2.75, 3.05) is 20.3 Å². The van der Waals surface area contributed by atoms with E-state index in [9.17, 15) is 4.79 Å². The molecule has 0 heterocycles. The first-order valence-electron chi connectivity index (χ1n) is 9.05. The van der Waals surface area contributed by atoms with E-state index in [0.29, 0.717) is 31.1 Å². The molecule has 2 rings (SSSR count). The van der Waals surface area contributed by atoms with Gasteiger partial charge in [-0.2, -0.15) is 0 Å². The van der Waals surface area contributed by atoms with E-state index in [1.807, 2.05) is 24.3 Å². The number of hydrogen-bond acceptors (Lipinski definition) is 4. The zero-order chi connectivity index (χ0) is 19.9. The fourth-order valence-electron chi connectivity index (χ4n) is 2.76. The molecule has 146 valence electrons. The number of hydrogen-bond donors (Lipinski definition) is 1. The van der Waals surface area contributed by atoms with Crippen LogP contribution >= 0.6 is 0 Å². The largest absolute Gasteiger partial charge is 0.497 e. The predicted molar refractivity (Wildman–Crippen MR) is 105 cm³/mol. The Hall–Kier alpha value is -2.69. The van der Waals surface area contributed by atoms with Crippen LogP contribution in [0.5, 0.6) is 17.2 Å². The second-order valence-electron chi connectivity index (χ2n) is 7.31. The first kappa shape index (κ1) is 20.6. The van der Waals surface area contributed by atoms with Crippen LogP contribution in [-0.2, 0) is 16.6 Å². The average molecular weight is 372 g/mol. The van der Waals surface area contributed by atoms with Crippen molar-refractivity contribution in [3.8, 4) is 17.2 Å². The molecule has 27 heavy (non-hydrogen) atoms. The molecule has 0 saturated carbocycles. The molecule has 2 aromatic rings. The molecule has 0 radical (unpaired) electrons. The lowest BCUT2D eigenvalue weighted by Crippen LogP contribution is -2.16. The summed E-state index contributed by atoms with van der Waals surface area (Å²) >= 11 is 0. The van der Waals surface area contributed by atoms with Crippen molar-refractivity contribution in [3.63, 3.8) is 0 Å². The number of rotatable bonds is 9. The minimum atomic E-state index is -0.834. The van der Waals surface area contributed by atoms with Crippen molar-refractivity contribution in [1.82, 2.24) is 0 Å². The van der Waals surface area contributed by atoms with Gasteiger partial charge in [0, 0.05) is 12.5 Å². The van der Waals surface area contributed by atoms with E-state index >= 15 is 0 Å². The van der Waals surface area contributed by atoms with Gasteiger partial charge < -0.3 is 19.3 Å². The molecular formula is C22H28O5. The van der Waals surface area contributed by atoms with E-state index in [4.69, 9.17) is 19.3 Å². The Morgan fingerprint density at radius 1 is 1.00 bits per heavy atom. The van der Waals surface area contributed by atoms with Crippen LogP contribution in [0.3, 0.4) is 0 Å². The van der Waals surface area contributed by atoms with Crippen LogP contribution in [0.25, 0.3) is 0 Å². The van der Waals surface area contributed by atoms with Gasteiger partial charge in [-0.1, -0.05) is 45.0 Å². The van der Waals surface area contributed by atoms with Crippen LogP contribution in [0.2, 0.25) is 0 Å². The summed E-state index contributed by atoms with van der Waals surface area (Å²) in [6, 6.07) is 13.4. The molecule has 0 fully saturated rings. The second kappa shape index (κ2) is 9.31. The molecule has 0 aliphatic heterocycles. The summed E-state index contributed by atoms with van der Waals surface area (Å²) in [4.78, 5) is 10.9. The van der Waals surface area contributed by atoms with Gasteiger partial charge >= 0.3 is 5.97 Å². The van der Waals surface area contributed by atoms with Gasteiger partial charge in [-0.15, -0.1) is 0 Å². The number of carboxylic acid groups (broad SMARTS) is 1. The number of carboxylic acids is 1. The summed E-state index contributed by atoms with van der Waals surface area (Å²) in [5.41, 5.74) is 1.98. The highest BCUT2D eigenvalue weighted by atomic mass is 16.5. The van der Waals surface area contributed by atoms with E-state index in [1.54, 1.807) is 19.2 Å². The van der Waals surface area contributed by atoms with Crippen molar-refractivity contribution in [2.24, 2.45) is 0 Å². The highest BCUT2D eigenvalue weighted by molar-refractivity contribution is 5.67. The third-order valence-electron chi connectivity index (χ3n) is 4.18. The molecule has 0 spiro atoms. The van der Waals surface area contributed by atoms with Gasteiger partial charge in [0.05, 0.1) is 7.11 Å². The van der Waals surface area contributed by atoms with Gasteiger partial charge in [0.15, 0.2) is 0 Å². The first-order valence-corrected chi connectivity index (χ1v) is 9.05. The van der Waals surface area contributed by atoms with Crippen LogP contribution in [0, 0.1) is 0 Å². The maximum atomic E-state index is 10.9. The Kier molecular flexibility index (Phi) is 7.11. The zero-order valence-electron chi connectivity index (χ0n) is 16.5. The maximum absolute atomic E-state index is 10.9. The van der Waals surface area contributed by atoms with Gasteiger partial charge in [0.2, 0.25) is 0 Å². The zero-order valence-corrected chi connectivity index (χ0v) is 16.5. The van der Waals surface area contributed by atoms with Crippen molar-refractivity contribution in [3.05, 3.63) is 53.6 Å². The number of aliphatic carboxylic acids is 1. The van der Waals surface area contributed by atoms with Crippen molar-refractivity contribution >= 4 is 5.97 Å². The standard InChI is InChI=1S/C22H28O5/c1-22(2,3)18-7-5-6-8-19(18)26-13-14-27-20-15-17(25-4)11-9-16(20)10-12-21(23)24/h5-9,11,15H,10,12-14H2,1-4H3,(H,23,24). The van der Waals surface area contributed by atoms with Crippen molar-refractivity contribution in [1.29, 1.82) is 0 Å². The average Bonchev–Trinajstić information content (AvgIpc) is 2.63. The SMILES string of the molecule is COc1ccc(CCC(=O)O)c(OCCOc2ccccc2C(C)(C)C)c1. The Morgan fingerprint density at radius 3 is 2.30 bits per heavy atom. The molecule has 0 aliphatic rings. The third-order valence-corrected chi connectivity index (χ3v) is 4.18. The summed E-state index contributed by atoms with van der Waals surface area (Å²) in [6.45, 7) is 7.19. The Balaban J connectivity index is 2.00. The lowest BCUT2D eigenvalue weighted by atomic mass is 9.86. The minimum Gasteiger partial charge on any atom is -0.497 e. The fraction of sp³-hybridized carbons (Fsp3) is 0.409. The van der Waals surface area contributed by atoms with E-state index in [2.05, 4.69) is 26.8 Å². The molecule has 0 atom stereocenters. The molecule has 0 unspecified atom stereocenters. The Bertz CT molecular complexity index is 762. The smallest absolute Gasteiger partial charge is 0.303 e. The molecule has 0 amide bonds. The molecule has 0 aromatic heterocycles. The first-order chi connectivity index (χ1) is 12.8. The molecule has 5 heteroatoms. The van der Waals surface area contributed by atoms with Crippen molar-refractivity contribution < 1.29 is 24.1 Å². The number of benzene rings is 2. The molecular weight excluding hydrogens is 344 g/mol. The van der Waals surface area contributed by atoms with E-state index in [-0.39, 0.29) is 11.8 Å². The van der Waals surface area contributed by atoms with Gasteiger partial charge in [-0.3, -0.25) is 4.79 Å². The van der Waals surface area contributed by atoms with E-state index in [0.717, 1.165) is 16.9 Å². The normalized spacial score (nSPS) is 11.1. The highest BCUT2D eigenvalue weighted by Crippen LogP contribution is 2.31. The highest BCUT2D eigenvalue weighted by Gasteiger charge is 2.18. The predicted octanol–water partition coefficient (Wildman–Crippen LogP) is 4.47. The topological polar surface area (TPSA) is 65.0 Å². The number of ether oxygens (including phenoxy) is 3. The van der Waals surface area contributed by atoms with Crippen molar-refractivity contribution in [2.45, 2.75) is 39.0 Å². The minimum absolute atomic E-state index is 0.00571. The summed E-state index contributed by atoms with van der Waals surface area (Å²) in [7, 11) is 1.59. The molecule has 5 nitrogen and oxygen atoms in total. The summed E-state index contributed by atoms with van der Waals surface area (Å²) in [5, 5.41) is 8.91. The fourth-order valence-corrected chi connectivity index (χ4v) is 2.76. The summed E-state index contributed by atoms with van der Waals surface area (Å²) in [6.07, 6.45) is 0.459. The van der Waals surface area contributed by atoms with Crippen LogP contribution in [0.4, 0.5) is 0 Å². The van der Waals surface area contributed by atoms with Gasteiger partial charge in [0.25, 0.3) is 0 Å². The second-order valence-corrected chi connectivity index (χ2v) is 7.31. The molecule has 1 N–H and O–H groups in total. The summed E-state index contributed by atoms with van der Waals surface area (Å²) in [5.74, 6) is 1.32. The maximum Gasteiger partial charge on any atom is 0.303 e. The molecule has 0 bridgehead atoms. The van der Waals surface area contributed by atoms with Crippen LogP contribution in [0.15, 0.2) is 42.5 Å². The molecule has 2 aromatic carbocycles.